The van der Waals surface area contributed by atoms with Gasteiger partial charge in [0.15, 0.2) is 0 Å². The molecule has 0 spiro atoms. The fraction of sp³-hybridized carbons (Fsp3) is 0.200. The summed E-state index contributed by atoms with van der Waals surface area (Å²) in [5.74, 6) is -0.0585. The molecule has 0 bridgehead atoms. The molecular weight excluding hydrogens is 366 g/mol. The minimum atomic E-state index is -4.75. The largest absolute Gasteiger partial charge is 0.573 e. The highest BCUT2D eigenvalue weighted by Crippen LogP contribution is 2.33. The molecule has 1 N–H and O–H groups in total. The van der Waals surface area contributed by atoms with Crippen molar-refractivity contribution in [3.8, 4) is 5.75 Å². The third-order valence-corrected chi connectivity index (χ3v) is 2.84. The minimum absolute atomic E-state index is 0.0662. The number of nitrogens with zero attached hydrogens (tertiary/aromatic N) is 2. The Kier molecular flexibility index (Phi) is 4.39. The Labute approximate surface area is 124 Å². The molecule has 1 heterocycles. The quantitative estimate of drug-likeness (QED) is 0.815. The lowest BCUT2D eigenvalue weighted by Gasteiger charge is -2.11. The molecule has 0 radical (unpaired) electrons. The molecule has 2 aromatic rings. The zero-order chi connectivity index (χ0) is 14.8. The van der Waals surface area contributed by atoms with Crippen molar-refractivity contribution in [2.45, 2.75) is 12.2 Å². The zero-order valence-corrected chi connectivity index (χ0v) is 11.9. The van der Waals surface area contributed by atoms with Gasteiger partial charge in [0.2, 0.25) is 5.89 Å². The Bertz CT molecular complexity index is 606. The summed E-state index contributed by atoms with van der Waals surface area (Å²) in [6.07, 6.45) is -4.75. The van der Waals surface area contributed by atoms with E-state index in [0.717, 1.165) is 6.07 Å². The van der Waals surface area contributed by atoms with Gasteiger partial charge in [-0.3, -0.25) is 0 Å². The van der Waals surface area contributed by atoms with Crippen LogP contribution in [0.5, 0.6) is 5.75 Å². The normalized spacial score (nSPS) is 11.4. The highest BCUT2D eigenvalue weighted by atomic mass is 79.9. The standard InChI is InChI=1S/C10H6BrClF3N3O2/c11-6-3-5(1-2-7(6)20-10(13,14)15)16-9-18-17-8(4-12)19-9/h1-3H,4H2,(H,16,18). The van der Waals surface area contributed by atoms with Gasteiger partial charge in [-0.2, -0.15) is 0 Å². The van der Waals surface area contributed by atoms with Crippen LogP contribution in [-0.2, 0) is 5.88 Å². The average molecular weight is 373 g/mol. The van der Waals surface area contributed by atoms with E-state index >= 15 is 0 Å². The number of anilines is 2. The van der Waals surface area contributed by atoms with Crippen LogP contribution in [0.25, 0.3) is 0 Å². The van der Waals surface area contributed by atoms with Gasteiger partial charge < -0.3 is 14.5 Å². The highest BCUT2D eigenvalue weighted by molar-refractivity contribution is 9.10. The molecule has 0 unspecified atom stereocenters. The lowest BCUT2D eigenvalue weighted by molar-refractivity contribution is -0.274. The molecule has 108 valence electrons. The van der Waals surface area contributed by atoms with Gasteiger partial charge in [-0.15, -0.1) is 29.9 Å². The number of nitrogens with one attached hydrogen (secondary N) is 1. The topological polar surface area (TPSA) is 60.2 Å². The summed E-state index contributed by atoms with van der Waals surface area (Å²) in [5.41, 5.74) is 0.441. The molecule has 5 nitrogen and oxygen atoms in total. The van der Waals surface area contributed by atoms with E-state index in [-0.39, 0.29) is 28.0 Å². The molecule has 0 fully saturated rings. The summed E-state index contributed by atoms with van der Waals surface area (Å²) in [6.45, 7) is 0. The maximum Gasteiger partial charge on any atom is 0.573 e. The number of halogens is 5. The summed E-state index contributed by atoms with van der Waals surface area (Å²) in [5, 5.41) is 10.0. The van der Waals surface area contributed by atoms with Gasteiger partial charge in [-0.05, 0) is 34.1 Å². The molecule has 0 aliphatic heterocycles. The van der Waals surface area contributed by atoms with E-state index in [0.29, 0.717) is 5.69 Å². The van der Waals surface area contributed by atoms with Gasteiger partial charge in [0, 0.05) is 5.69 Å². The minimum Gasteiger partial charge on any atom is -0.407 e. The van der Waals surface area contributed by atoms with Crippen molar-refractivity contribution in [1.29, 1.82) is 0 Å². The molecule has 0 amide bonds. The molecule has 0 aliphatic carbocycles. The van der Waals surface area contributed by atoms with Crippen LogP contribution in [0, 0.1) is 0 Å². The van der Waals surface area contributed by atoms with Crippen molar-refractivity contribution >= 4 is 39.2 Å². The van der Waals surface area contributed by atoms with Gasteiger partial charge in [-0.1, -0.05) is 5.10 Å². The van der Waals surface area contributed by atoms with Crippen LogP contribution in [0.4, 0.5) is 24.9 Å². The lowest BCUT2D eigenvalue weighted by atomic mass is 10.3. The van der Waals surface area contributed by atoms with Crippen LogP contribution in [0.15, 0.2) is 27.1 Å². The van der Waals surface area contributed by atoms with E-state index < -0.39 is 6.36 Å². The van der Waals surface area contributed by atoms with Gasteiger partial charge in [0.1, 0.15) is 11.6 Å². The molecule has 1 aromatic heterocycles. The fourth-order valence-corrected chi connectivity index (χ4v) is 1.84. The van der Waals surface area contributed by atoms with Crippen molar-refractivity contribution in [3.63, 3.8) is 0 Å². The molecule has 1 aromatic carbocycles. The van der Waals surface area contributed by atoms with E-state index in [1.54, 1.807) is 0 Å². The van der Waals surface area contributed by atoms with Crippen molar-refractivity contribution in [1.82, 2.24) is 10.2 Å². The van der Waals surface area contributed by atoms with Gasteiger partial charge >= 0.3 is 12.4 Å². The van der Waals surface area contributed by atoms with Gasteiger partial charge in [-0.25, -0.2) is 0 Å². The Morgan fingerprint density at radius 1 is 1.35 bits per heavy atom. The van der Waals surface area contributed by atoms with Crippen LogP contribution < -0.4 is 10.1 Å². The third kappa shape index (κ3) is 4.01. The second-order valence-corrected chi connectivity index (χ2v) is 4.57. The van der Waals surface area contributed by atoms with Crippen molar-refractivity contribution in [2.75, 3.05) is 5.32 Å². The highest BCUT2D eigenvalue weighted by Gasteiger charge is 2.31. The van der Waals surface area contributed by atoms with Gasteiger partial charge in [0.05, 0.1) is 4.47 Å². The van der Waals surface area contributed by atoms with E-state index in [9.17, 15) is 13.2 Å². The number of hydrogen-bond acceptors (Lipinski definition) is 5. The van der Waals surface area contributed by atoms with Crippen LogP contribution >= 0.6 is 27.5 Å². The fourth-order valence-electron chi connectivity index (χ4n) is 1.27. The van der Waals surface area contributed by atoms with E-state index in [1.807, 2.05) is 0 Å². The summed E-state index contributed by atoms with van der Waals surface area (Å²) >= 11 is 8.48. The summed E-state index contributed by atoms with van der Waals surface area (Å²) in [4.78, 5) is 0. The third-order valence-electron chi connectivity index (χ3n) is 1.99. The maximum absolute atomic E-state index is 12.1. The molecule has 0 saturated carbocycles. The lowest BCUT2D eigenvalue weighted by Crippen LogP contribution is -2.17. The average Bonchev–Trinajstić information content (AvgIpc) is 2.79. The number of benzene rings is 1. The number of aromatic nitrogens is 2. The van der Waals surface area contributed by atoms with Crippen LogP contribution in [0.1, 0.15) is 5.89 Å². The Morgan fingerprint density at radius 2 is 2.10 bits per heavy atom. The van der Waals surface area contributed by atoms with E-state index in [1.165, 1.54) is 12.1 Å². The second-order valence-electron chi connectivity index (χ2n) is 3.45. The van der Waals surface area contributed by atoms with Crippen molar-refractivity contribution < 1.29 is 22.3 Å². The monoisotopic (exact) mass is 371 g/mol. The number of alkyl halides is 4. The van der Waals surface area contributed by atoms with E-state index in [4.69, 9.17) is 16.0 Å². The Hall–Kier alpha value is -1.48. The van der Waals surface area contributed by atoms with Crippen LogP contribution in [-0.4, -0.2) is 16.6 Å². The summed E-state index contributed by atoms with van der Waals surface area (Å²) in [6, 6.07) is 3.98. The molecule has 0 saturated heterocycles. The molecular formula is C10H6BrClF3N3O2. The number of hydrogen-bond donors (Lipinski definition) is 1. The first-order valence-electron chi connectivity index (χ1n) is 5.08. The first-order chi connectivity index (χ1) is 9.37. The Balaban J connectivity index is 2.12. The predicted molar refractivity (Wildman–Crippen MR) is 68.0 cm³/mol. The first-order valence-corrected chi connectivity index (χ1v) is 6.41. The summed E-state index contributed by atoms with van der Waals surface area (Å²) in [7, 11) is 0. The smallest absolute Gasteiger partial charge is 0.407 e. The number of rotatable bonds is 4. The van der Waals surface area contributed by atoms with Crippen LogP contribution in [0.2, 0.25) is 0 Å². The molecule has 2 rings (SSSR count). The van der Waals surface area contributed by atoms with Crippen LogP contribution in [0.3, 0.4) is 0 Å². The van der Waals surface area contributed by atoms with Crippen molar-refractivity contribution in [3.05, 3.63) is 28.6 Å². The van der Waals surface area contributed by atoms with Gasteiger partial charge in [0.25, 0.3) is 0 Å². The Morgan fingerprint density at radius 3 is 2.65 bits per heavy atom. The SMILES string of the molecule is FC(F)(F)Oc1ccc(Nc2nnc(CCl)o2)cc1Br. The maximum atomic E-state index is 12.1. The predicted octanol–water partition coefficient (Wildman–Crippen LogP) is 4.21. The van der Waals surface area contributed by atoms with E-state index in [2.05, 4.69) is 36.2 Å². The second kappa shape index (κ2) is 5.88. The molecule has 20 heavy (non-hydrogen) atoms. The first kappa shape index (κ1) is 14.9. The molecule has 0 atom stereocenters. The number of ether oxygens (including phenoxy) is 1. The van der Waals surface area contributed by atoms with Crippen molar-refractivity contribution in [2.24, 2.45) is 0 Å². The zero-order valence-electron chi connectivity index (χ0n) is 9.54. The molecule has 0 aliphatic rings. The summed E-state index contributed by atoms with van der Waals surface area (Å²) < 4.78 is 45.4. The molecule has 10 heteroatoms.